The Labute approximate surface area is 73.4 Å². The van der Waals surface area contributed by atoms with Crippen molar-refractivity contribution >= 4 is 24.2 Å². The van der Waals surface area contributed by atoms with Crippen molar-refractivity contribution in [3.8, 4) is 0 Å². The van der Waals surface area contributed by atoms with Gasteiger partial charge in [0.1, 0.15) is 0 Å². The summed E-state index contributed by atoms with van der Waals surface area (Å²) in [7, 11) is 0. The summed E-state index contributed by atoms with van der Waals surface area (Å²) < 4.78 is 0.816. The Morgan fingerprint density at radius 2 is 1.91 bits per heavy atom. The summed E-state index contributed by atoms with van der Waals surface area (Å²) in [6.45, 7) is 2.13. The van der Waals surface area contributed by atoms with Gasteiger partial charge in [-0.15, -0.1) is 0 Å². The number of hydrogen-bond donors (Lipinski definition) is 0. The van der Waals surface area contributed by atoms with E-state index in [0.29, 0.717) is 11.7 Å². The molecule has 1 nitrogen and oxygen atoms in total. The first-order valence-corrected chi connectivity index (χ1v) is 14.7. The predicted octanol–water partition coefficient (Wildman–Crippen LogP) is 2.69. The van der Waals surface area contributed by atoms with Crippen LogP contribution in [0, 0.1) is 5.92 Å². The third kappa shape index (κ3) is 1.98. The van der Waals surface area contributed by atoms with E-state index in [1.807, 2.05) is 0 Å². The molecule has 0 aromatic carbocycles. The van der Waals surface area contributed by atoms with E-state index in [-0.39, 0.29) is 0 Å². The second-order valence-corrected chi connectivity index (χ2v) is 20.4. The van der Waals surface area contributed by atoms with Crippen LogP contribution in [0.3, 0.4) is 0 Å². The van der Waals surface area contributed by atoms with Crippen molar-refractivity contribution < 1.29 is 4.79 Å². The van der Waals surface area contributed by atoms with Crippen LogP contribution in [0.4, 0.5) is 0 Å². The summed E-state index contributed by atoms with van der Waals surface area (Å²) >= 11 is -1.75. The molecule has 1 rings (SSSR count). The Hall–Kier alpha value is 0.469. The van der Waals surface area contributed by atoms with Crippen molar-refractivity contribution in [3.63, 3.8) is 0 Å². The van der Waals surface area contributed by atoms with E-state index in [4.69, 9.17) is 0 Å². The summed E-state index contributed by atoms with van der Waals surface area (Å²) in [5.41, 5.74) is 0. The molecule has 1 aliphatic carbocycles. The molecule has 0 heterocycles. The Morgan fingerprint density at radius 1 is 1.36 bits per heavy atom. The van der Waals surface area contributed by atoms with Crippen LogP contribution in [0.1, 0.15) is 19.8 Å². The fraction of sp³-hybridized carbons (Fsp3) is 0.889. The fourth-order valence-corrected chi connectivity index (χ4v) is 9.88. The molecule has 1 saturated carbocycles. The molecule has 11 heavy (non-hydrogen) atoms. The first-order chi connectivity index (χ1) is 4.93. The van der Waals surface area contributed by atoms with Crippen molar-refractivity contribution in [1.82, 2.24) is 0 Å². The normalized spacial score (nSPS) is 32.9. The van der Waals surface area contributed by atoms with Gasteiger partial charge in [0.05, 0.1) is 0 Å². The molecule has 2 atom stereocenters. The van der Waals surface area contributed by atoms with Crippen molar-refractivity contribution in [3.05, 3.63) is 0 Å². The zero-order chi connectivity index (χ0) is 8.65. The van der Waals surface area contributed by atoms with Gasteiger partial charge in [-0.05, 0) is 0 Å². The molecule has 0 aromatic heterocycles. The quantitative estimate of drug-likeness (QED) is 0.663. The SMILES string of the molecule is CC1C(=O)CC[CH]1[Sn]([CH3])([CH3])[CH3]. The minimum atomic E-state index is -1.75. The summed E-state index contributed by atoms with van der Waals surface area (Å²) in [6.07, 6.45) is 2.06. The van der Waals surface area contributed by atoms with E-state index in [9.17, 15) is 4.79 Å². The molecule has 1 aliphatic rings. The average molecular weight is 261 g/mol. The third-order valence-electron chi connectivity index (χ3n) is 2.93. The van der Waals surface area contributed by atoms with Crippen molar-refractivity contribution in [2.24, 2.45) is 5.92 Å². The maximum atomic E-state index is 11.3. The van der Waals surface area contributed by atoms with Gasteiger partial charge < -0.3 is 0 Å². The second-order valence-electron chi connectivity index (χ2n) is 4.77. The molecule has 64 valence electrons. The number of hydrogen-bond acceptors (Lipinski definition) is 1. The van der Waals surface area contributed by atoms with Gasteiger partial charge >= 0.3 is 73.4 Å². The van der Waals surface area contributed by atoms with E-state index in [0.717, 1.165) is 10.4 Å². The van der Waals surface area contributed by atoms with Crippen LogP contribution in [0.25, 0.3) is 0 Å². The molecule has 1 fully saturated rings. The van der Waals surface area contributed by atoms with Crippen LogP contribution in [0.2, 0.25) is 18.8 Å². The topological polar surface area (TPSA) is 17.1 Å². The van der Waals surface area contributed by atoms with Crippen molar-refractivity contribution in [1.29, 1.82) is 0 Å². The number of carbonyl (C=O) groups is 1. The molecule has 0 N–H and O–H groups in total. The Balaban J connectivity index is 2.70. The van der Waals surface area contributed by atoms with E-state index in [2.05, 4.69) is 21.7 Å². The Bertz CT molecular complexity index is 169. The van der Waals surface area contributed by atoms with Gasteiger partial charge in [0, 0.05) is 0 Å². The summed E-state index contributed by atoms with van der Waals surface area (Å²) in [4.78, 5) is 18.6. The van der Waals surface area contributed by atoms with Crippen LogP contribution in [-0.2, 0) is 4.79 Å². The molecule has 0 amide bonds. The van der Waals surface area contributed by atoms with Gasteiger partial charge in [-0.2, -0.15) is 0 Å². The van der Waals surface area contributed by atoms with Crippen molar-refractivity contribution in [2.45, 2.75) is 38.5 Å². The fourth-order valence-electron chi connectivity index (χ4n) is 2.18. The Kier molecular flexibility index (Phi) is 2.67. The predicted molar refractivity (Wildman–Crippen MR) is 50.5 cm³/mol. The molecule has 0 aromatic rings. The maximum absolute atomic E-state index is 11.3. The van der Waals surface area contributed by atoms with Crippen LogP contribution in [0.15, 0.2) is 0 Å². The van der Waals surface area contributed by atoms with Gasteiger partial charge in [-0.1, -0.05) is 0 Å². The number of ketones is 1. The van der Waals surface area contributed by atoms with Crippen molar-refractivity contribution in [2.75, 3.05) is 0 Å². The molecule has 0 bridgehead atoms. The third-order valence-corrected chi connectivity index (χ3v) is 11.5. The zero-order valence-electron chi connectivity index (χ0n) is 7.98. The van der Waals surface area contributed by atoms with E-state index >= 15 is 0 Å². The average Bonchev–Trinajstić information content (AvgIpc) is 2.11. The molecular weight excluding hydrogens is 243 g/mol. The number of carbonyl (C=O) groups excluding carboxylic acids is 1. The first-order valence-electron chi connectivity index (χ1n) is 4.45. The Morgan fingerprint density at radius 3 is 2.09 bits per heavy atom. The van der Waals surface area contributed by atoms with Gasteiger partial charge in [0.2, 0.25) is 0 Å². The van der Waals surface area contributed by atoms with Crippen LogP contribution in [-0.4, -0.2) is 24.2 Å². The van der Waals surface area contributed by atoms with Crippen LogP contribution < -0.4 is 0 Å². The van der Waals surface area contributed by atoms with E-state index in [1.165, 1.54) is 6.42 Å². The van der Waals surface area contributed by atoms with Gasteiger partial charge in [0.15, 0.2) is 0 Å². The summed E-state index contributed by atoms with van der Waals surface area (Å²) in [5, 5.41) is 0. The van der Waals surface area contributed by atoms with Gasteiger partial charge in [-0.3, -0.25) is 0 Å². The summed E-state index contributed by atoms with van der Waals surface area (Å²) in [5.74, 6) is 0.910. The molecule has 2 heteroatoms. The molecule has 0 spiro atoms. The van der Waals surface area contributed by atoms with E-state index in [1.54, 1.807) is 0 Å². The molecular formula is C9H18OSn. The zero-order valence-corrected chi connectivity index (χ0v) is 10.8. The van der Waals surface area contributed by atoms with Gasteiger partial charge in [-0.25, -0.2) is 0 Å². The number of Topliss-reactive ketones (excluding diaryl/α,β-unsaturated/α-hetero) is 1. The molecule has 2 unspecified atom stereocenters. The van der Waals surface area contributed by atoms with Crippen LogP contribution >= 0.6 is 0 Å². The number of rotatable bonds is 1. The van der Waals surface area contributed by atoms with Crippen LogP contribution in [0.5, 0.6) is 0 Å². The molecule has 0 radical (unpaired) electrons. The van der Waals surface area contributed by atoms with Gasteiger partial charge in [0.25, 0.3) is 0 Å². The molecule has 0 aliphatic heterocycles. The van der Waals surface area contributed by atoms with E-state index < -0.39 is 18.4 Å². The first kappa shape index (κ1) is 9.56. The monoisotopic (exact) mass is 262 g/mol. The molecule has 0 saturated heterocycles. The minimum absolute atomic E-state index is 0.394. The standard InChI is InChI=1S/C6H9O.3CH3.Sn/c1-5-3-2-4-6(5)7;;;;/h3,5H,2,4H2,1H3;3*1H3;. The summed E-state index contributed by atoms with van der Waals surface area (Å²) in [6, 6.07) is 0. The second kappa shape index (κ2) is 3.08.